The fraction of sp³-hybridized carbons (Fsp3) is 0.750. The van der Waals surface area contributed by atoms with Crippen LogP contribution in [0.5, 0.6) is 0 Å². The summed E-state index contributed by atoms with van der Waals surface area (Å²) in [7, 11) is -3.54. The highest BCUT2D eigenvalue weighted by Crippen LogP contribution is 2.40. The number of nitrogens with one attached hydrogen (secondary N) is 1. The first-order chi connectivity index (χ1) is 12.7. The standard InChI is InChI=1S/C20H33N3O3S/c1-15(2)23(16(3)4)27(24,25)18-7-8-19(21-14-18)22-17-9-12-26-20(13-17)10-5-6-11-20/h7-8,14-17H,5-6,9-13H2,1-4H3,(H,21,22). The van der Waals surface area contributed by atoms with E-state index in [1.54, 1.807) is 12.1 Å². The topological polar surface area (TPSA) is 71.5 Å². The van der Waals surface area contributed by atoms with E-state index in [-0.39, 0.29) is 22.6 Å². The number of ether oxygens (including phenoxy) is 1. The lowest BCUT2D eigenvalue weighted by atomic mass is 9.89. The third-order valence-electron chi connectivity index (χ3n) is 5.69. The lowest BCUT2D eigenvalue weighted by Crippen LogP contribution is -2.42. The van der Waals surface area contributed by atoms with Gasteiger partial charge in [0.05, 0.1) is 5.60 Å². The van der Waals surface area contributed by atoms with E-state index in [2.05, 4.69) is 10.3 Å². The largest absolute Gasteiger partial charge is 0.375 e. The van der Waals surface area contributed by atoms with Gasteiger partial charge < -0.3 is 10.1 Å². The van der Waals surface area contributed by atoms with Gasteiger partial charge in [-0.05, 0) is 65.5 Å². The summed E-state index contributed by atoms with van der Waals surface area (Å²) in [4.78, 5) is 4.64. The molecule has 0 aromatic carbocycles. The van der Waals surface area contributed by atoms with Gasteiger partial charge in [-0.1, -0.05) is 12.8 Å². The molecule has 1 atom stereocenters. The second-order valence-electron chi connectivity index (χ2n) is 8.47. The smallest absolute Gasteiger partial charge is 0.245 e. The number of anilines is 1. The van der Waals surface area contributed by atoms with Crippen molar-refractivity contribution in [2.45, 2.75) is 94.8 Å². The van der Waals surface area contributed by atoms with Crippen molar-refractivity contribution in [2.24, 2.45) is 0 Å². The van der Waals surface area contributed by atoms with Crippen LogP contribution in [0, 0.1) is 0 Å². The van der Waals surface area contributed by atoms with E-state index in [0.717, 1.165) is 38.1 Å². The van der Waals surface area contributed by atoms with Crippen molar-refractivity contribution < 1.29 is 13.2 Å². The predicted octanol–water partition coefficient (Wildman–Crippen LogP) is 3.79. The first-order valence-electron chi connectivity index (χ1n) is 10.1. The highest BCUT2D eigenvalue weighted by Gasteiger charge is 2.40. The number of sulfonamides is 1. The summed E-state index contributed by atoms with van der Waals surface area (Å²) in [5.74, 6) is 0.731. The van der Waals surface area contributed by atoms with Crippen molar-refractivity contribution in [2.75, 3.05) is 11.9 Å². The molecule has 3 rings (SSSR count). The van der Waals surface area contributed by atoms with Crippen LogP contribution in [0.3, 0.4) is 0 Å². The van der Waals surface area contributed by atoms with Crippen molar-refractivity contribution in [3.05, 3.63) is 18.3 Å². The fourth-order valence-corrected chi connectivity index (χ4v) is 6.40. The van der Waals surface area contributed by atoms with Gasteiger partial charge in [0, 0.05) is 30.9 Å². The number of aromatic nitrogens is 1. The zero-order valence-corrected chi connectivity index (χ0v) is 17.8. The average molecular weight is 396 g/mol. The van der Waals surface area contributed by atoms with Crippen LogP contribution < -0.4 is 5.32 Å². The number of hydrogen-bond acceptors (Lipinski definition) is 5. The zero-order chi connectivity index (χ0) is 19.7. The molecule has 0 radical (unpaired) electrons. The highest BCUT2D eigenvalue weighted by molar-refractivity contribution is 7.89. The Kier molecular flexibility index (Phi) is 6.13. The Morgan fingerprint density at radius 2 is 1.85 bits per heavy atom. The Morgan fingerprint density at radius 1 is 1.19 bits per heavy atom. The van der Waals surface area contributed by atoms with Gasteiger partial charge >= 0.3 is 0 Å². The van der Waals surface area contributed by atoms with Crippen molar-refractivity contribution in [1.29, 1.82) is 0 Å². The Hall–Kier alpha value is -1.18. The molecular weight excluding hydrogens is 362 g/mol. The van der Waals surface area contributed by atoms with Crippen molar-refractivity contribution in [1.82, 2.24) is 9.29 Å². The average Bonchev–Trinajstić information content (AvgIpc) is 3.02. The molecule has 1 saturated carbocycles. The molecule has 6 nitrogen and oxygen atoms in total. The summed E-state index contributed by atoms with van der Waals surface area (Å²) in [6, 6.07) is 3.57. The molecule has 1 aliphatic carbocycles. The third-order valence-corrected chi connectivity index (χ3v) is 7.92. The molecule has 1 unspecified atom stereocenters. The Morgan fingerprint density at radius 3 is 2.41 bits per heavy atom. The monoisotopic (exact) mass is 395 g/mol. The molecule has 1 aromatic rings. The van der Waals surface area contributed by atoms with Crippen LogP contribution in [0.25, 0.3) is 0 Å². The lowest BCUT2D eigenvalue weighted by Gasteiger charge is -2.38. The number of hydrogen-bond donors (Lipinski definition) is 1. The maximum Gasteiger partial charge on any atom is 0.245 e. The van der Waals surface area contributed by atoms with E-state index < -0.39 is 10.0 Å². The molecule has 2 aliphatic rings. The van der Waals surface area contributed by atoms with Crippen LogP contribution in [-0.4, -0.2) is 48.0 Å². The number of rotatable bonds is 6. The first kappa shape index (κ1) is 20.6. The third kappa shape index (κ3) is 4.46. The minimum atomic E-state index is -3.54. The first-order valence-corrected chi connectivity index (χ1v) is 11.6. The van der Waals surface area contributed by atoms with Gasteiger partial charge in [-0.2, -0.15) is 4.31 Å². The predicted molar refractivity (Wildman–Crippen MR) is 107 cm³/mol. The maximum absolute atomic E-state index is 12.9. The summed E-state index contributed by atoms with van der Waals surface area (Å²) >= 11 is 0. The Labute approximate surface area is 163 Å². The molecule has 0 bridgehead atoms. The van der Waals surface area contributed by atoms with Crippen LogP contribution >= 0.6 is 0 Å². The molecule has 27 heavy (non-hydrogen) atoms. The summed E-state index contributed by atoms with van der Waals surface area (Å²) in [5.41, 5.74) is 0.0498. The second kappa shape index (κ2) is 8.05. The van der Waals surface area contributed by atoms with Gasteiger partial charge in [0.15, 0.2) is 0 Å². The van der Waals surface area contributed by atoms with E-state index in [4.69, 9.17) is 4.74 Å². The van der Waals surface area contributed by atoms with E-state index in [9.17, 15) is 8.42 Å². The Balaban J connectivity index is 1.70. The van der Waals surface area contributed by atoms with Gasteiger partial charge in [-0.15, -0.1) is 0 Å². The Bertz CT molecular complexity index is 717. The van der Waals surface area contributed by atoms with Crippen LogP contribution in [0.4, 0.5) is 5.82 Å². The van der Waals surface area contributed by atoms with Gasteiger partial charge in [0.1, 0.15) is 10.7 Å². The van der Waals surface area contributed by atoms with Crippen LogP contribution in [0.15, 0.2) is 23.2 Å². The van der Waals surface area contributed by atoms with Gasteiger partial charge in [0.25, 0.3) is 0 Å². The molecule has 2 fully saturated rings. The normalized spacial score (nSPS) is 22.9. The van der Waals surface area contributed by atoms with E-state index >= 15 is 0 Å². The minimum absolute atomic E-state index is 0.0498. The quantitative estimate of drug-likeness (QED) is 0.793. The van der Waals surface area contributed by atoms with Crippen molar-refractivity contribution in [3.63, 3.8) is 0 Å². The second-order valence-corrected chi connectivity index (χ2v) is 10.3. The summed E-state index contributed by atoms with van der Waals surface area (Å²) in [6.45, 7) is 8.35. The summed E-state index contributed by atoms with van der Waals surface area (Å²) < 4.78 is 33.5. The summed E-state index contributed by atoms with van der Waals surface area (Å²) in [5, 5.41) is 3.49. The molecular formula is C20H33N3O3S. The van der Waals surface area contributed by atoms with Crippen LogP contribution in [0.2, 0.25) is 0 Å². The minimum Gasteiger partial charge on any atom is -0.375 e. The number of nitrogens with zero attached hydrogens (tertiary/aromatic N) is 2. The molecule has 1 spiro atoms. The molecule has 7 heteroatoms. The SMILES string of the molecule is CC(C)N(C(C)C)S(=O)(=O)c1ccc(NC2CCOC3(CCCC3)C2)nc1. The summed E-state index contributed by atoms with van der Waals surface area (Å²) in [6.07, 6.45) is 8.23. The van der Waals surface area contributed by atoms with Gasteiger partial charge in [-0.25, -0.2) is 13.4 Å². The van der Waals surface area contributed by atoms with Crippen molar-refractivity contribution in [3.8, 4) is 0 Å². The molecule has 1 aromatic heterocycles. The van der Waals surface area contributed by atoms with Crippen molar-refractivity contribution >= 4 is 15.8 Å². The molecule has 2 heterocycles. The molecule has 1 N–H and O–H groups in total. The van der Waals surface area contributed by atoms with E-state index in [1.807, 2.05) is 27.7 Å². The molecule has 0 amide bonds. The molecule has 1 saturated heterocycles. The zero-order valence-electron chi connectivity index (χ0n) is 16.9. The van der Waals surface area contributed by atoms with Gasteiger partial charge in [0.2, 0.25) is 10.0 Å². The number of pyridine rings is 1. The van der Waals surface area contributed by atoms with Crippen LogP contribution in [0.1, 0.15) is 66.2 Å². The molecule has 1 aliphatic heterocycles. The van der Waals surface area contributed by atoms with Crippen LogP contribution in [-0.2, 0) is 14.8 Å². The van der Waals surface area contributed by atoms with E-state index in [1.165, 1.54) is 23.3 Å². The lowest BCUT2D eigenvalue weighted by molar-refractivity contribution is -0.0767. The maximum atomic E-state index is 12.9. The molecule has 152 valence electrons. The van der Waals surface area contributed by atoms with E-state index in [0.29, 0.717) is 6.04 Å². The fourth-order valence-electron chi connectivity index (χ4n) is 4.62. The van der Waals surface area contributed by atoms with Gasteiger partial charge in [-0.3, -0.25) is 0 Å². The highest BCUT2D eigenvalue weighted by atomic mass is 32.2.